The van der Waals surface area contributed by atoms with Crippen molar-refractivity contribution in [2.75, 3.05) is 14.2 Å². The van der Waals surface area contributed by atoms with Crippen LogP contribution in [0.3, 0.4) is 0 Å². The second-order valence-corrected chi connectivity index (χ2v) is 9.64. The Kier molecular flexibility index (Phi) is 5.20. The van der Waals surface area contributed by atoms with Gasteiger partial charge >= 0.3 is 0 Å². The molecule has 4 bridgehead atoms. The Labute approximate surface area is 187 Å². The molecule has 1 amide bonds. The Morgan fingerprint density at radius 3 is 2.06 bits per heavy atom. The zero-order valence-corrected chi connectivity index (χ0v) is 18.5. The van der Waals surface area contributed by atoms with Crippen LogP contribution >= 0.6 is 0 Å². The molecule has 4 aliphatic rings. The number of benzene rings is 2. The Morgan fingerprint density at radius 1 is 0.938 bits per heavy atom. The van der Waals surface area contributed by atoms with Gasteiger partial charge in [-0.05, 0) is 62.0 Å². The monoisotopic (exact) mass is 435 g/mol. The van der Waals surface area contributed by atoms with E-state index in [-0.39, 0.29) is 17.7 Å². The topological polar surface area (TPSA) is 84.9 Å². The summed E-state index contributed by atoms with van der Waals surface area (Å²) in [4.78, 5) is 26.4. The predicted molar refractivity (Wildman–Crippen MR) is 119 cm³/mol. The number of hydrogen-bond acceptors (Lipinski definition) is 5. The zero-order valence-electron chi connectivity index (χ0n) is 18.5. The Bertz CT molecular complexity index is 1010. The second-order valence-electron chi connectivity index (χ2n) is 9.64. The SMILES string of the molecule is COc1cc(C(=O)c2ccccc2)cc(OC)c1C(=O)N[C@H]1C2CC3CC1C[C@](O)(C3)C2. The molecule has 168 valence electrons. The highest BCUT2D eigenvalue weighted by molar-refractivity contribution is 6.11. The lowest BCUT2D eigenvalue weighted by molar-refractivity contribution is -0.136. The van der Waals surface area contributed by atoms with Crippen LogP contribution in [0.5, 0.6) is 11.5 Å². The Balaban J connectivity index is 1.43. The molecule has 2 aromatic rings. The number of amides is 1. The smallest absolute Gasteiger partial charge is 0.259 e. The number of aliphatic hydroxyl groups is 1. The van der Waals surface area contributed by atoms with E-state index in [0.717, 1.165) is 32.1 Å². The van der Waals surface area contributed by atoms with Gasteiger partial charge in [-0.3, -0.25) is 9.59 Å². The van der Waals surface area contributed by atoms with Crippen LogP contribution in [0.2, 0.25) is 0 Å². The summed E-state index contributed by atoms with van der Waals surface area (Å²) >= 11 is 0. The molecule has 4 fully saturated rings. The van der Waals surface area contributed by atoms with Gasteiger partial charge < -0.3 is 19.9 Å². The molecule has 2 atom stereocenters. The van der Waals surface area contributed by atoms with Crippen LogP contribution in [0.4, 0.5) is 0 Å². The van der Waals surface area contributed by atoms with Gasteiger partial charge in [0.15, 0.2) is 5.78 Å². The van der Waals surface area contributed by atoms with Gasteiger partial charge in [0.1, 0.15) is 17.1 Å². The van der Waals surface area contributed by atoms with Gasteiger partial charge in [-0.15, -0.1) is 0 Å². The molecular weight excluding hydrogens is 406 g/mol. The van der Waals surface area contributed by atoms with Gasteiger partial charge in [0.05, 0.1) is 19.8 Å². The molecule has 0 saturated heterocycles. The van der Waals surface area contributed by atoms with Crippen molar-refractivity contribution in [1.82, 2.24) is 5.32 Å². The highest BCUT2D eigenvalue weighted by Crippen LogP contribution is 2.55. The summed E-state index contributed by atoms with van der Waals surface area (Å²) in [6, 6.07) is 12.2. The first-order chi connectivity index (χ1) is 15.4. The first kappa shape index (κ1) is 21.0. The number of rotatable bonds is 6. The summed E-state index contributed by atoms with van der Waals surface area (Å²) < 4.78 is 11.1. The van der Waals surface area contributed by atoms with E-state index in [4.69, 9.17) is 9.47 Å². The average molecular weight is 436 g/mol. The van der Waals surface area contributed by atoms with E-state index in [1.165, 1.54) is 14.2 Å². The zero-order chi connectivity index (χ0) is 22.5. The van der Waals surface area contributed by atoms with Crippen molar-refractivity contribution in [3.8, 4) is 11.5 Å². The molecular formula is C26H29NO5. The summed E-state index contributed by atoms with van der Waals surface area (Å²) in [7, 11) is 2.97. The lowest BCUT2D eigenvalue weighted by Crippen LogP contribution is -2.61. The van der Waals surface area contributed by atoms with Crippen molar-refractivity contribution in [2.45, 2.75) is 43.7 Å². The van der Waals surface area contributed by atoms with Crippen LogP contribution in [0.15, 0.2) is 42.5 Å². The van der Waals surface area contributed by atoms with Gasteiger partial charge in [0.2, 0.25) is 0 Å². The van der Waals surface area contributed by atoms with Crippen LogP contribution in [-0.4, -0.2) is 42.7 Å². The minimum Gasteiger partial charge on any atom is -0.496 e. The van der Waals surface area contributed by atoms with Crippen LogP contribution in [0.1, 0.15) is 58.4 Å². The van der Waals surface area contributed by atoms with Crippen LogP contribution in [-0.2, 0) is 0 Å². The fraction of sp³-hybridized carbons (Fsp3) is 0.462. The van der Waals surface area contributed by atoms with Crippen molar-refractivity contribution in [3.63, 3.8) is 0 Å². The summed E-state index contributed by atoms with van der Waals surface area (Å²) in [5.41, 5.74) is 0.706. The number of methoxy groups -OCH3 is 2. The molecule has 0 aliphatic heterocycles. The molecule has 2 N–H and O–H groups in total. The standard InChI is InChI=1S/C26H29NO5/c1-31-20-10-17(24(28)16-6-4-3-5-7-16)11-21(32-2)22(20)25(29)27-23-18-8-15-9-19(23)14-26(30,12-15)13-18/h3-7,10-11,15,18-19,23,30H,8-9,12-14H2,1-2H3,(H,27,29)/t15?,18?,19?,23-,26-. The van der Waals surface area contributed by atoms with Crippen molar-refractivity contribution >= 4 is 11.7 Å². The molecule has 4 saturated carbocycles. The Morgan fingerprint density at radius 2 is 1.53 bits per heavy atom. The van der Waals surface area contributed by atoms with E-state index in [9.17, 15) is 14.7 Å². The molecule has 32 heavy (non-hydrogen) atoms. The minimum atomic E-state index is -0.549. The number of nitrogens with one attached hydrogen (secondary N) is 1. The van der Waals surface area contributed by atoms with Crippen molar-refractivity contribution in [1.29, 1.82) is 0 Å². The maximum atomic E-state index is 13.4. The minimum absolute atomic E-state index is 0.0411. The van der Waals surface area contributed by atoms with Crippen LogP contribution < -0.4 is 14.8 Å². The average Bonchev–Trinajstić information content (AvgIpc) is 2.79. The van der Waals surface area contributed by atoms with Gasteiger partial charge in [0.25, 0.3) is 5.91 Å². The maximum absolute atomic E-state index is 13.4. The fourth-order valence-corrected chi connectivity index (χ4v) is 6.46. The molecule has 2 aromatic carbocycles. The molecule has 0 spiro atoms. The van der Waals surface area contributed by atoms with E-state index in [1.807, 2.05) is 18.2 Å². The second kappa shape index (κ2) is 7.93. The normalized spacial score (nSPS) is 30.1. The van der Waals surface area contributed by atoms with Gasteiger partial charge in [-0.2, -0.15) is 0 Å². The number of ether oxygens (including phenoxy) is 2. The number of carbonyl (C=O) groups excluding carboxylic acids is 2. The van der Waals surface area contributed by atoms with E-state index < -0.39 is 5.60 Å². The van der Waals surface area contributed by atoms with Gasteiger partial charge in [-0.1, -0.05) is 30.3 Å². The lowest BCUT2D eigenvalue weighted by Gasteiger charge is -2.58. The van der Waals surface area contributed by atoms with E-state index >= 15 is 0 Å². The fourth-order valence-electron chi connectivity index (χ4n) is 6.46. The third kappa shape index (κ3) is 3.56. The molecule has 6 heteroatoms. The highest BCUT2D eigenvalue weighted by Gasteiger charge is 2.55. The summed E-state index contributed by atoms with van der Waals surface area (Å²) in [6.07, 6.45) is 4.53. The van der Waals surface area contributed by atoms with E-state index in [1.54, 1.807) is 24.3 Å². The molecule has 0 radical (unpaired) electrons. The molecule has 2 unspecified atom stereocenters. The first-order valence-corrected chi connectivity index (χ1v) is 11.3. The predicted octanol–water partition coefficient (Wildman–Crippen LogP) is 3.60. The molecule has 4 aliphatic carbocycles. The molecule has 6 nitrogen and oxygen atoms in total. The molecule has 0 heterocycles. The lowest BCUT2D eigenvalue weighted by atomic mass is 9.52. The number of hydrogen-bond donors (Lipinski definition) is 2. The van der Waals surface area contributed by atoms with E-state index in [0.29, 0.717) is 45.9 Å². The van der Waals surface area contributed by atoms with E-state index in [2.05, 4.69) is 5.32 Å². The summed E-state index contributed by atoms with van der Waals surface area (Å²) in [5.74, 6) is 1.35. The first-order valence-electron chi connectivity index (χ1n) is 11.3. The van der Waals surface area contributed by atoms with Crippen molar-refractivity contribution in [2.24, 2.45) is 17.8 Å². The number of carbonyl (C=O) groups is 2. The van der Waals surface area contributed by atoms with Crippen molar-refractivity contribution < 1.29 is 24.2 Å². The molecule has 6 rings (SSSR count). The molecule has 0 aromatic heterocycles. The third-order valence-corrected chi connectivity index (χ3v) is 7.57. The van der Waals surface area contributed by atoms with Gasteiger partial charge in [0, 0.05) is 17.2 Å². The maximum Gasteiger partial charge on any atom is 0.259 e. The summed E-state index contributed by atoms with van der Waals surface area (Å²) in [5, 5.41) is 14.1. The Hall–Kier alpha value is -2.86. The summed E-state index contributed by atoms with van der Waals surface area (Å²) in [6.45, 7) is 0. The largest absolute Gasteiger partial charge is 0.496 e. The third-order valence-electron chi connectivity index (χ3n) is 7.57. The van der Waals surface area contributed by atoms with Crippen molar-refractivity contribution in [3.05, 3.63) is 59.2 Å². The quantitative estimate of drug-likeness (QED) is 0.678. The van der Waals surface area contributed by atoms with Gasteiger partial charge in [-0.25, -0.2) is 0 Å². The van der Waals surface area contributed by atoms with Crippen LogP contribution in [0.25, 0.3) is 0 Å². The highest BCUT2D eigenvalue weighted by atomic mass is 16.5. The number of ketones is 1. The van der Waals surface area contributed by atoms with Crippen LogP contribution in [0, 0.1) is 17.8 Å².